The third kappa shape index (κ3) is 2.54. The van der Waals surface area contributed by atoms with E-state index in [1.54, 1.807) is 0 Å². The molecule has 0 spiro atoms. The van der Waals surface area contributed by atoms with Gasteiger partial charge in [-0.3, -0.25) is 0 Å². The quantitative estimate of drug-likeness (QED) is 0.805. The molecule has 2 rings (SSSR count). The van der Waals surface area contributed by atoms with E-state index >= 15 is 0 Å². The summed E-state index contributed by atoms with van der Waals surface area (Å²) in [6.07, 6.45) is 0. The van der Waals surface area contributed by atoms with Crippen molar-refractivity contribution in [2.45, 2.75) is 13.8 Å². The molecule has 0 radical (unpaired) electrons. The highest BCUT2D eigenvalue weighted by Gasteiger charge is 2.16. The smallest absolute Gasteiger partial charge is 0.245 e. The van der Waals surface area contributed by atoms with E-state index < -0.39 is 0 Å². The SMILES string of the molecule is CCOc1nc(Cl)nc2c(OCC)nc(Cl)nc12. The van der Waals surface area contributed by atoms with Crippen LogP contribution in [0, 0.1) is 0 Å². The highest BCUT2D eigenvalue weighted by molar-refractivity contribution is 6.29. The van der Waals surface area contributed by atoms with Crippen molar-refractivity contribution in [3.05, 3.63) is 10.6 Å². The van der Waals surface area contributed by atoms with Crippen LogP contribution in [-0.2, 0) is 0 Å². The Kier molecular flexibility index (Phi) is 3.98. The maximum atomic E-state index is 5.83. The Morgan fingerprint density at radius 2 is 1.17 bits per heavy atom. The molecule has 0 N–H and O–H groups in total. The first kappa shape index (κ1) is 13.0. The van der Waals surface area contributed by atoms with E-state index in [1.807, 2.05) is 13.8 Å². The lowest BCUT2D eigenvalue weighted by Gasteiger charge is -2.09. The largest absolute Gasteiger partial charge is 0.476 e. The number of fused-ring (bicyclic) bond motifs is 1. The second kappa shape index (κ2) is 5.49. The third-order valence-corrected chi connectivity index (χ3v) is 2.33. The van der Waals surface area contributed by atoms with Gasteiger partial charge in [-0.2, -0.15) is 9.97 Å². The van der Waals surface area contributed by atoms with Gasteiger partial charge in [0.25, 0.3) is 0 Å². The van der Waals surface area contributed by atoms with E-state index in [1.165, 1.54) is 0 Å². The molecule has 0 aliphatic carbocycles. The van der Waals surface area contributed by atoms with Gasteiger partial charge in [0.15, 0.2) is 11.0 Å². The minimum Gasteiger partial charge on any atom is -0.476 e. The molecule has 6 nitrogen and oxygen atoms in total. The van der Waals surface area contributed by atoms with Crippen molar-refractivity contribution in [3.8, 4) is 11.8 Å². The maximum absolute atomic E-state index is 5.83. The Labute approximate surface area is 113 Å². The molecule has 96 valence electrons. The Morgan fingerprint density at radius 3 is 1.50 bits per heavy atom. The second-order valence-electron chi connectivity index (χ2n) is 3.16. The summed E-state index contributed by atoms with van der Waals surface area (Å²) in [6, 6.07) is 0. The zero-order valence-electron chi connectivity index (χ0n) is 9.78. The molecule has 2 aromatic rings. The molecular weight excluding hydrogens is 279 g/mol. The fourth-order valence-electron chi connectivity index (χ4n) is 1.39. The Balaban J connectivity index is 2.71. The lowest BCUT2D eigenvalue weighted by Crippen LogP contribution is -2.03. The zero-order chi connectivity index (χ0) is 13.1. The molecule has 0 fully saturated rings. The highest BCUT2D eigenvalue weighted by Crippen LogP contribution is 2.29. The summed E-state index contributed by atoms with van der Waals surface area (Å²) in [7, 11) is 0. The van der Waals surface area contributed by atoms with Gasteiger partial charge in [0.1, 0.15) is 0 Å². The number of hydrogen-bond donors (Lipinski definition) is 0. The Hall–Kier alpha value is -1.40. The Bertz CT molecular complexity index is 528. The molecule has 0 unspecified atom stereocenters. The molecule has 18 heavy (non-hydrogen) atoms. The molecule has 2 aromatic heterocycles. The average Bonchev–Trinajstić information content (AvgIpc) is 2.31. The van der Waals surface area contributed by atoms with Gasteiger partial charge in [0, 0.05) is 0 Å². The number of hydrogen-bond acceptors (Lipinski definition) is 6. The molecule has 0 aliphatic heterocycles. The topological polar surface area (TPSA) is 70.0 Å². The molecule has 0 saturated heterocycles. The standard InChI is InChI=1S/C10H10Cl2N4O2/c1-3-17-7-5-6(14-9(11)15-7)8(18-4-2)16-10(12)13-5/h3-4H2,1-2H3. The van der Waals surface area contributed by atoms with Crippen molar-refractivity contribution in [1.29, 1.82) is 0 Å². The van der Waals surface area contributed by atoms with Crippen LogP contribution in [0.4, 0.5) is 0 Å². The number of ether oxygens (including phenoxy) is 2. The third-order valence-electron chi connectivity index (χ3n) is 1.99. The first-order valence-corrected chi connectivity index (χ1v) is 6.07. The lowest BCUT2D eigenvalue weighted by atomic mass is 10.4. The van der Waals surface area contributed by atoms with Crippen LogP contribution in [0.15, 0.2) is 0 Å². The van der Waals surface area contributed by atoms with Crippen LogP contribution in [0.2, 0.25) is 10.6 Å². The zero-order valence-corrected chi connectivity index (χ0v) is 11.3. The molecular formula is C10H10Cl2N4O2. The van der Waals surface area contributed by atoms with E-state index in [0.29, 0.717) is 24.2 Å². The highest BCUT2D eigenvalue weighted by atomic mass is 35.5. The normalized spacial score (nSPS) is 10.7. The predicted molar refractivity (Wildman–Crippen MR) is 67.5 cm³/mol. The van der Waals surface area contributed by atoms with Gasteiger partial charge in [-0.15, -0.1) is 0 Å². The maximum Gasteiger partial charge on any atom is 0.245 e. The van der Waals surface area contributed by atoms with Crippen LogP contribution in [-0.4, -0.2) is 33.1 Å². The summed E-state index contributed by atoms with van der Waals surface area (Å²) < 4.78 is 10.7. The molecule has 0 aliphatic rings. The number of aromatic nitrogens is 4. The first-order chi connectivity index (χ1) is 8.65. The lowest BCUT2D eigenvalue weighted by molar-refractivity contribution is 0.324. The fourth-order valence-corrected chi connectivity index (χ4v) is 1.71. The van der Waals surface area contributed by atoms with Gasteiger partial charge in [0.05, 0.1) is 13.2 Å². The summed E-state index contributed by atoms with van der Waals surface area (Å²) in [6.45, 7) is 4.50. The summed E-state index contributed by atoms with van der Waals surface area (Å²) >= 11 is 11.7. The number of nitrogens with zero attached hydrogens (tertiary/aromatic N) is 4. The monoisotopic (exact) mass is 288 g/mol. The fraction of sp³-hybridized carbons (Fsp3) is 0.400. The second-order valence-corrected chi connectivity index (χ2v) is 3.83. The molecule has 2 heterocycles. The van der Waals surface area contributed by atoms with Gasteiger partial charge in [-0.05, 0) is 37.0 Å². The summed E-state index contributed by atoms with van der Waals surface area (Å²) in [4.78, 5) is 16.0. The molecule has 0 saturated carbocycles. The van der Waals surface area contributed by atoms with E-state index in [0.717, 1.165) is 0 Å². The Morgan fingerprint density at radius 1 is 0.778 bits per heavy atom. The molecule has 0 atom stereocenters. The average molecular weight is 289 g/mol. The first-order valence-electron chi connectivity index (χ1n) is 5.32. The minimum absolute atomic E-state index is 0.0397. The van der Waals surface area contributed by atoms with Crippen molar-refractivity contribution in [2.24, 2.45) is 0 Å². The summed E-state index contributed by atoms with van der Waals surface area (Å²) in [5.41, 5.74) is 0.759. The number of halogens is 2. The van der Waals surface area contributed by atoms with Crippen LogP contribution in [0.5, 0.6) is 11.8 Å². The molecule has 0 aromatic carbocycles. The van der Waals surface area contributed by atoms with Crippen LogP contribution in [0.25, 0.3) is 11.0 Å². The van der Waals surface area contributed by atoms with Crippen molar-refractivity contribution in [3.63, 3.8) is 0 Å². The summed E-state index contributed by atoms with van der Waals surface area (Å²) in [5.74, 6) is 0.524. The van der Waals surface area contributed by atoms with Crippen LogP contribution in [0.3, 0.4) is 0 Å². The number of rotatable bonds is 4. The van der Waals surface area contributed by atoms with E-state index in [9.17, 15) is 0 Å². The van der Waals surface area contributed by atoms with Crippen molar-refractivity contribution in [1.82, 2.24) is 19.9 Å². The van der Waals surface area contributed by atoms with Gasteiger partial charge >= 0.3 is 0 Å². The molecule has 0 bridgehead atoms. The molecule has 8 heteroatoms. The van der Waals surface area contributed by atoms with E-state index in [2.05, 4.69) is 19.9 Å². The van der Waals surface area contributed by atoms with Gasteiger partial charge in [-0.1, -0.05) is 0 Å². The van der Waals surface area contributed by atoms with Crippen LogP contribution in [0.1, 0.15) is 13.8 Å². The van der Waals surface area contributed by atoms with Crippen LogP contribution >= 0.6 is 23.2 Å². The van der Waals surface area contributed by atoms with Gasteiger partial charge < -0.3 is 9.47 Å². The molecule has 0 amide bonds. The summed E-state index contributed by atoms with van der Waals surface area (Å²) in [5, 5.41) is 0.0793. The minimum atomic E-state index is 0.0397. The predicted octanol–water partition coefficient (Wildman–Crippen LogP) is 2.52. The van der Waals surface area contributed by atoms with Gasteiger partial charge in [0.2, 0.25) is 22.3 Å². The van der Waals surface area contributed by atoms with Crippen molar-refractivity contribution in [2.75, 3.05) is 13.2 Å². The van der Waals surface area contributed by atoms with Crippen LogP contribution < -0.4 is 9.47 Å². The van der Waals surface area contributed by atoms with Gasteiger partial charge in [-0.25, -0.2) is 9.97 Å². The van der Waals surface area contributed by atoms with E-state index in [4.69, 9.17) is 32.7 Å². The van der Waals surface area contributed by atoms with E-state index in [-0.39, 0.29) is 22.3 Å². The van der Waals surface area contributed by atoms with Crippen molar-refractivity contribution >= 4 is 34.2 Å². The van der Waals surface area contributed by atoms with Crippen molar-refractivity contribution < 1.29 is 9.47 Å².